The van der Waals surface area contributed by atoms with Crippen molar-refractivity contribution in [3.05, 3.63) is 89.2 Å². The molecule has 0 aliphatic carbocycles. The van der Waals surface area contributed by atoms with Crippen LogP contribution in [0, 0.1) is 6.92 Å². The molecule has 0 unspecified atom stereocenters. The van der Waals surface area contributed by atoms with Crippen molar-refractivity contribution >= 4 is 17.2 Å². The molecule has 0 bridgehead atoms. The molecule has 3 aromatic rings. The highest BCUT2D eigenvalue weighted by Gasteiger charge is 2.18. The third kappa shape index (κ3) is 3.58. The van der Waals surface area contributed by atoms with Crippen molar-refractivity contribution < 1.29 is 4.74 Å². The van der Waals surface area contributed by atoms with Crippen molar-refractivity contribution in [1.29, 1.82) is 0 Å². The molecule has 0 saturated carbocycles. The number of pyridine rings is 1. The summed E-state index contributed by atoms with van der Waals surface area (Å²) in [6.07, 6.45) is 3.49. The number of nitrogens with zero attached hydrogens (tertiary/aromatic N) is 3. The Bertz CT molecular complexity index is 1010. The number of nitrogens with one attached hydrogen (secondary N) is 1. The number of aryl methyl sites for hydroxylation is 1. The fourth-order valence-corrected chi connectivity index (χ4v) is 2.94. The third-order valence-corrected chi connectivity index (χ3v) is 4.32. The van der Waals surface area contributed by atoms with Crippen molar-refractivity contribution in [2.24, 2.45) is 10.1 Å². The summed E-state index contributed by atoms with van der Waals surface area (Å²) in [6.45, 7) is 4.66. The van der Waals surface area contributed by atoms with Gasteiger partial charge in [-0.05, 0) is 44.2 Å². The average molecular weight is 356 g/mol. The van der Waals surface area contributed by atoms with E-state index in [1.54, 1.807) is 12.4 Å². The SMILES string of the molecule is CCOc1ccc2c(c1)C(c1ccc(C)cc1)=NNC(c1ccncc1)=N2. The molecule has 0 amide bonds. The number of rotatable bonds is 4. The first-order valence-corrected chi connectivity index (χ1v) is 8.91. The molecule has 1 aliphatic rings. The maximum absolute atomic E-state index is 5.70. The monoisotopic (exact) mass is 356 g/mol. The van der Waals surface area contributed by atoms with Gasteiger partial charge in [0, 0.05) is 29.1 Å². The van der Waals surface area contributed by atoms with E-state index in [1.807, 2.05) is 37.3 Å². The van der Waals surface area contributed by atoms with Crippen LogP contribution in [-0.2, 0) is 0 Å². The normalized spacial score (nSPS) is 13.0. The predicted molar refractivity (Wildman–Crippen MR) is 108 cm³/mol. The maximum atomic E-state index is 5.70. The topological polar surface area (TPSA) is 58.9 Å². The first-order valence-electron chi connectivity index (χ1n) is 8.91. The first kappa shape index (κ1) is 17.0. The van der Waals surface area contributed by atoms with E-state index in [9.17, 15) is 0 Å². The standard InChI is InChI=1S/C22H20N4O/c1-3-27-18-8-9-20-19(14-18)21(16-6-4-15(2)5-7-16)25-26-22(24-20)17-10-12-23-13-11-17/h4-14H,3H2,1-2H3,(H,24,26). The van der Waals surface area contributed by atoms with Gasteiger partial charge in [-0.3, -0.25) is 10.4 Å². The molecular weight excluding hydrogens is 336 g/mol. The molecule has 0 spiro atoms. The Balaban J connectivity index is 1.86. The van der Waals surface area contributed by atoms with Crippen LogP contribution in [0.25, 0.3) is 0 Å². The molecule has 0 atom stereocenters. The predicted octanol–water partition coefficient (Wildman–Crippen LogP) is 4.22. The van der Waals surface area contributed by atoms with Gasteiger partial charge in [0.15, 0.2) is 5.84 Å². The summed E-state index contributed by atoms with van der Waals surface area (Å²) in [4.78, 5) is 8.89. The second-order valence-electron chi connectivity index (χ2n) is 6.25. The Morgan fingerprint density at radius 3 is 2.44 bits per heavy atom. The number of amidine groups is 1. The number of fused-ring (bicyclic) bond motifs is 1. The maximum Gasteiger partial charge on any atom is 0.154 e. The van der Waals surface area contributed by atoms with E-state index in [2.05, 4.69) is 46.7 Å². The smallest absolute Gasteiger partial charge is 0.154 e. The van der Waals surface area contributed by atoms with Gasteiger partial charge >= 0.3 is 0 Å². The van der Waals surface area contributed by atoms with E-state index in [0.29, 0.717) is 12.4 Å². The fraction of sp³-hybridized carbons (Fsp3) is 0.136. The van der Waals surface area contributed by atoms with Crippen LogP contribution in [0.3, 0.4) is 0 Å². The second-order valence-corrected chi connectivity index (χ2v) is 6.25. The number of ether oxygens (including phenoxy) is 1. The molecule has 0 fully saturated rings. The highest BCUT2D eigenvalue weighted by Crippen LogP contribution is 2.29. The minimum atomic E-state index is 0.611. The van der Waals surface area contributed by atoms with E-state index in [-0.39, 0.29) is 0 Å². The van der Waals surface area contributed by atoms with E-state index in [1.165, 1.54) is 5.56 Å². The number of hydrazone groups is 1. The summed E-state index contributed by atoms with van der Waals surface area (Å²) in [6, 6.07) is 18.0. The van der Waals surface area contributed by atoms with Gasteiger partial charge in [-0.1, -0.05) is 29.8 Å². The van der Waals surface area contributed by atoms with Crippen LogP contribution in [0.2, 0.25) is 0 Å². The molecule has 1 aromatic heterocycles. The molecule has 5 heteroatoms. The Kier molecular flexibility index (Phi) is 4.66. The molecule has 1 aliphatic heterocycles. The first-order chi connectivity index (χ1) is 13.2. The van der Waals surface area contributed by atoms with Crippen LogP contribution in [-0.4, -0.2) is 23.1 Å². The van der Waals surface area contributed by atoms with Gasteiger partial charge in [0.25, 0.3) is 0 Å². The van der Waals surface area contributed by atoms with Gasteiger partial charge in [-0.2, -0.15) is 5.10 Å². The van der Waals surface area contributed by atoms with Gasteiger partial charge in [0.05, 0.1) is 12.3 Å². The fourth-order valence-electron chi connectivity index (χ4n) is 2.94. The molecular formula is C22H20N4O. The molecule has 134 valence electrons. The third-order valence-electron chi connectivity index (χ3n) is 4.32. The summed E-state index contributed by atoms with van der Waals surface area (Å²) in [5.74, 6) is 1.49. The van der Waals surface area contributed by atoms with Crippen molar-refractivity contribution in [2.45, 2.75) is 13.8 Å². The van der Waals surface area contributed by atoms with Crippen LogP contribution >= 0.6 is 0 Å². The van der Waals surface area contributed by atoms with E-state index >= 15 is 0 Å². The summed E-state index contributed by atoms with van der Waals surface area (Å²) in [5, 5.41) is 4.68. The molecule has 2 aromatic carbocycles. The lowest BCUT2D eigenvalue weighted by molar-refractivity contribution is 0.340. The molecule has 27 heavy (non-hydrogen) atoms. The highest BCUT2D eigenvalue weighted by molar-refractivity contribution is 6.18. The zero-order chi connectivity index (χ0) is 18.6. The lowest BCUT2D eigenvalue weighted by Crippen LogP contribution is -2.19. The Hall–Kier alpha value is -3.47. The van der Waals surface area contributed by atoms with Gasteiger partial charge in [-0.15, -0.1) is 0 Å². The largest absolute Gasteiger partial charge is 0.494 e. The van der Waals surface area contributed by atoms with Crippen molar-refractivity contribution in [2.75, 3.05) is 6.61 Å². The molecule has 4 rings (SSSR count). The van der Waals surface area contributed by atoms with Crippen LogP contribution < -0.4 is 10.2 Å². The summed E-state index contributed by atoms with van der Waals surface area (Å²) >= 11 is 0. The van der Waals surface area contributed by atoms with E-state index in [0.717, 1.165) is 33.8 Å². The molecule has 5 nitrogen and oxygen atoms in total. The molecule has 0 saturated heterocycles. The van der Waals surface area contributed by atoms with Crippen LogP contribution in [0.15, 0.2) is 77.1 Å². The zero-order valence-corrected chi connectivity index (χ0v) is 15.3. The number of benzene rings is 2. The summed E-state index contributed by atoms with van der Waals surface area (Å²) in [5.41, 5.74) is 8.89. The van der Waals surface area contributed by atoms with Gasteiger partial charge in [0.2, 0.25) is 0 Å². The molecule has 1 N–H and O–H groups in total. The highest BCUT2D eigenvalue weighted by atomic mass is 16.5. The quantitative estimate of drug-likeness (QED) is 0.761. The van der Waals surface area contributed by atoms with Gasteiger partial charge in [-0.25, -0.2) is 4.99 Å². The lowest BCUT2D eigenvalue weighted by atomic mass is 9.99. The Labute approximate surface area is 158 Å². The Morgan fingerprint density at radius 2 is 1.70 bits per heavy atom. The Morgan fingerprint density at radius 1 is 0.926 bits per heavy atom. The van der Waals surface area contributed by atoms with Crippen LogP contribution in [0.5, 0.6) is 5.75 Å². The van der Waals surface area contributed by atoms with E-state index in [4.69, 9.17) is 9.73 Å². The van der Waals surface area contributed by atoms with Crippen molar-refractivity contribution in [3.8, 4) is 5.75 Å². The van der Waals surface area contributed by atoms with Crippen molar-refractivity contribution in [1.82, 2.24) is 10.4 Å². The van der Waals surface area contributed by atoms with Gasteiger partial charge < -0.3 is 4.74 Å². The number of aromatic nitrogens is 1. The number of aliphatic imine (C=N–C) groups is 1. The molecule has 2 heterocycles. The minimum absolute atomic E-state index is 0.611. The van der Waals surface area contributed by atoms with E-state index < -0.39 is 0 Å². The minimum Gasteiger partial charge on any atom is -0.494 e. The summed E-state index contributed by atoms with van der Waals surface area (Å²) in [7, 11) is 0. The van der Waals surface area contributed by atoms with Crippen LogP contribution in [0.4, 0.5) is 5.69 Å². The van der Waals surface area contributed by atoms with Crippen LogP contribution in [0.1, 0.15) is 29.2 Å². The lowest BCUT2D eigenvalue weighted by Gasteiger charge is -2.10. The average Bonchev–Trinajstić information content (AvgIpc) is 2.89. The van der Waals surface area contributed by atoms with Crippen molar-refractivity contribution in [3.63, 3.8) is 0 Å². The second kappa shape index (κ2) is 7.41. The number of hydrogen-bond acceptors (Lipinski definition) is 5. The zero-order valence-electron chi connectivity index (χ0n) is 15.3. The number of hydrogen-bond donors (Lipinski definition) is 1. The van der Waals surface area contributed by atoms with Gasteiger partial charge in [0.1, 0.15) is 11.5 Å². The molecule has 0 radical (unpaired) electrons. The summed E-state index contributed by atoms with van der Waals surface area (Å²) < 4.78 is 5.70.